The molecule has 0 bridgehead atoms. The van der Waals surface area contributed by atoms with Crippen LogP contribution < -0.4 is 20.5 Å². The molecule has 0 aliphatic rings. The summed E-state index contributed by atoms with van der Waals surface area (Å²) in [6.07, 6.45) is 2.59. The molecule has 0 unspecified atom stereocenters. The molecule has 11 heteroatoms. The number of aliphatic hydroxyl groups is 1. The molecular weight excluding hydrogens is 580 g/mol. The molecule has 0 spiro atoms. The molecule has 0 aliphatic heterocycles. The Balaban J connectivity index is 1.41. The number of carbonyl (C=O) groups is 1. The number of benzene rings is 3. The summed E-state index contributed by atoms with van der Waals surface area (Å²) in [7, 11) is -3.75. The number of anilines is 1. The summed E-state index contributed by atoms with van der Waals surface area (Å²) in [4.78, 5) is 17.3. The van der Waals surface area contributed by atoms with Gasteiger partial charge in [-0.1, -0.05) is 48.5 Å². The third-order valence-corrected chi connectivity index (χ3v) is 8.74. The second-order valence-corrected chi connectivity index (χ2v) is 12.8. The summed E-state index contributed by atoms with van der Waals surface area (Å²) >= 11 is 0. The number of aromatic amines is 1. The molecule has 0 saturated carbocycles. The number of nitrogen functional groups attached to an aromatic ring is 1. The van der Waals surface area contributed by atoms with Crippen molar-refractivity contribution >= 4 is 32.3 Å². The maximum absolute atomic E-state index is 12.7. The molecular formula is C33H42N4O6S. The minimum atomic E-state index is -3.75. The van der Waals surface area contributed by atoms with Crippen molar-refractivity contribution in [2.75, 3.05) is 38.2 Å². The number of aliphatic hydroxyl groups excluding tert-OH is 1. The SMILES string of the molecule is CCN(CC)C(=O)COc1cccc2c(C[C@@H](C)NC[C@H](O)c3ccc(OCc4ccccc4)c(S(C)(=O)=O)c3N)c[nH]c12. The molecule has 236 valence electrons. The quantitative estimate of drug-likeness (QED) is 0.144. The van der Waals surface area contributed by atoms with Gasteiger partial charge in [0.2, 0.25) is 0 Å². The van der Waals surface area contributed by atoms with E-state index in [0.29, 0.717) is 30.8 Å². The van der Waals surface area contributed by atoms with Crippen molar-refractivity contribution < 1.29 is 27.8 Å². The zero-order valence-electron chi connectivity index (χ0n) is 25.7. The minimum Gasteiger partial charge on any atom is -0.487 e. The molecule has 4 aromatic rings. The fourth-order valence-corrected chi connectivity index (χ4v) is 6.23. The molecule has 0 saturated heterocycles. The third kappa shape index (κ3) is 7.90. The molecule has 1 amide bonds. The number of sulfone groups is 1. The molecule has 2 atom stereocenters. The van der Waals surface area contributed by atoms with Gasteiger partial charge in [-0.25, -0.2) is 8.42 Å². The van der Waals surface area contributed by atoms with Gasteiger partial charge in [-0.05, 0) is 50.5 Å². The van der Waals surface area contributed by atoms with Crippen LogP contribution in [0.3, 0.4) is 0 Å². The van der Waals surface area contributed by atoms with Crippen LogP contribution in [0.1, 0.15) is 43.6 Å². The van der Waals surface area contributed by atoms with Gasteiger partial charge in [0, 0.05) is 49.1 Å². The number of nitrogens with one attached hydrogen (secondary N) is 2. The van der Waals surface area contributed by atoms with Crippen molar-refractivity contribution in [2.45, 2.75) is 50.8 Å². The van der Waals surface area contributed by atoms with E-state index >= 15 is 0 Å². The highest BCUT2D eigenvalue weighted by molar-refractivity contribution is 7.91. The van der Waals surface area contributed by atoms with E-state index in [-0.39, 0.29) is 48.0 Å². The van der Waals surface area contributed by atoms with Gasteiger partial charge in [0.1, 0.15) is 23.0 Å². The number of aromatic nitrogens is 1. The van der Waals surface area contributed by atoms with Crippen molar-refractivity contribution in [3.05, 3.63) is 83.6 Å². The van der Waals surface area contributed by atoms with Gasteiger partial charge in [-0.3, -0.25) is 4.79 Å². The van der Waals surface area contributed by atoms with E-state index in [1.54, 1.807) is 17.0 Å². The Hall–Kier alpha value is -4.06. The first-order valence-electron chi connectivity index (χ1n) is 14.7. The van der Waals surface area contributed by atoms with Crippen LogP contribution in [0.5, 0.6) is 11.5 Å². The smallest absolute Gasteiger partial charge is 0.260 e. The highest BCUT2D eigenvalue weighted by atomic mass is 32.2. The van der Waals surface area contributed by atoms with Crippen LogP contribution in [0.15, 0.2) is 71.8 Å². The van der Waals surface area contributed by atoms with Crippen molar-refractivity contribution in [2.24, 2.45) is 0 Å². The summed E-state index contributed by atoms with van der Waals surface area (Å²) in [5.41, 5.74) is 9.36. The van der Waals surface area contributed by atoms with E-state index in [9.17, 15) is 18.3 Å². The number of ether oxygens (including phenoxy) is 2. The number of nitrogens with zero attached hydrogens (tertiary/aromatic N) is 1. The number of hydrogen-bond acceptors (Lipinski definition) is 8. The monoisotopic (exact) mass is 622 g/mol. The van der Waals surface area contributed by atoms with Gasteiger partial charge in [0.25, 0.3) is 5.91 Å². The van der Waals surface area contributed by atoms with Crippen LogP contribution >= 0.6 is 0 Å². The summed E-state index contributed by atoms with van der Waals surface area (Å²) in [6.45, 7) is 7.45. The number of fused-ring (bicyclic) bond motifs is 1. The van der Waals surface area contributed by atoms with Gasteiger partial charge < -0.3 is 35.5 Å². The predicted octanol–water partition coefficient (Wildman–Crippen LogP) is 4.23. The fourth-order valence-electron chi connectivity index (χ4n) is 5.22. The van der Waals surface area contributed by atoms with Crippen LogP contribution in [0.2, 0.25) is 0 Å². The van der Waals surface area contributed by atoms with E-state index in [0.717, 1.165) is 28.3 Å². The second-order valence-electron chi connectivity index (χ2n) is 10.8. The maximum atomic E-state index is 12.7. The van der Waals surface area contributed by atoms with Gasteiger partial charge in [-0.2, -0.15) is 0 Å². The molecule has 5 N–H and O–H groups in total. The number of rotatable bonds is 15. The molecule has 3 aromatic carbocycles. The van der Waals surface area contributed by atoms with E-state index in [1.807, 2.05) is 75.5 Å². The van der Waals surface area contributed by atoms with Gasteiger partial charge in [-0.15, -0.1) is 0 Å². The molecule has 1 heterocycles. The van der Waals surface area contributed by atoms with E-state index in [1.165, 1.54) is 0 Å². The molecule has 10 nitrogen and oxygen atoms in total. The Kier molecular flexibility index (Phi) is 10.9. The van der Waals surface area contributed by atoms with Crippen molar-refractivity contribution in [3.8, 4) is 11.5 Å². The minimum absolute atomic E-state index is 0.0244. The van der Waals surface area contributed by atoms with Crippen LogP contribution in [0, 0.1) is 0 Å². The highest BCUT2D eigenvalue weighted by Crippen LogP contribution is 2.36. The zero-order chi connectivity index (χ0) is 31.9. The van der Waals surface area contributed by atoms with Crippen LogP contribution in [0.25, 0.3) is 10.9 Å². The number of likely N-dealkylation sites (N-methyl/N-ethyl adjacent to an activating group) is 1. The first kappa shape index (κ1) is 32.8. The average molecular weight is 623 g/mol. The first-order valence-corrected chi connectivity index (χ1v) is 16.6. The topological polar surface area (TPSA) is 147 Å². The number of hydrogen-bond donors (Lipinski definition) is 4. The largest absolute Gasteiger partial charge is 0.487 e. The molecule has 0 radical (unpaired) electrons. The van der Waals surface area contributed by atoms with Gasteiger partial charge in [0.05, 0.1) is 17.3 Å². The first-order chi connectivity index (χ1) is 21.0. The van der Waals surface area contributed by atoms with E-state index in [2.05, 4.69) is 10.3 Å². The lowest BCUT2D eigenvalue weighted by Gasteiger charge is -2.21. The summed E-state index contributed by atoms with van der Waals surface area (Å²) in [6, 6.07) is 18.2. The van der Waals surface area contributed by atoms with Crippen LogP contribution in [-0.2, 0) is 27.7 Å². The van der Waals surface area contributed by atoms with Gasteiger partial charge >= 0.3 is 0 Å². The molecule has 0 fully saturated rings. The van der Waals surface area contributed by atoms with Gasteiger partial charge in [0.15, 0.2) is 16.4 Å². The Bertz CT molecular complexity index is 1670. The maximum Gasteiger partial charge on any atom is 0.260 e. The number of carbonyl (C=O) groups excluding carboxylic acids is 1. The molecule has 44 heavy (non-hydrogen) atoms. The highest BCUT2D eigenvalue weighted by Gasteiger charge is 2.24. The Morgan fingerprint density at radius 3 is 2.43 bits per heavy atom. The lowest BCUT2D eigenvalue weighted by molar-refractivity contribution is -0.132. The standard InChI is InChI=1S/C33H42N4O6S/c1-5-37(6-2)30(39)21-43-28-14-10-13-25-24(18-36-32(25)28)17-22(3)35-19-27(38)26-15-16-29(33(31(26)34)44(4,40)41)42-20-23-11-8-7-9-12-23/h7-16,18,22,27,35-36,38H,5-6,17,19-21,34H2,1-4H3/t22-,27+/m1/s1. The zero-order valence-corrected chi connectivity index (χ0v) is 26.5. The Labute approximate surface area is 259 Å². The average Bonchev–Trinajstić information content (AvgIpc) is 3.41. The third-order valence-electron chi connectivity index (χ3n) is 7.58. The van der Waals surface area contributed by atoms with E-state index in [4.69, 9.17) is 15.2 Å². The van der Waals surface area contributed by atoms with Crippen molar-refractivity contribution in [1.82, 2.24) is 15.2 Å². The van der Waals surface area contributed by atoms with E-state index < -0.39 is 15.9 Å². The number of para-hydroxylation sites is 1. The predicted molar refractivity (Wildman–Crippen MR) is 173 cm³/mol. The number of amides is 1. The lowest BCUT2D eigenvalue weighted by Crippen LogP contribution is -2.34. The molecule has 1 aromatic heterocycles. The Morgan fingerprint density at radius 1 is 1.02 bits per heavy atom. The van der Waals surface area contributed by atoms with Crippen molar-refractivity contribution in [1.29, 1.82) is 0 Å². The van der Waals surface area contributed by atoms with Crippen LogP contribution in [-0.4, -0.2) is 67.9 Å². The summed E-state index contributed by atoms with van der Waals surface area (Å²) < 4.78 is 37.1. The summed E-state index contributed by atoms with van der Waals surface area (Å²) in [5.74, 6) is 0.693. The lowest BCUT2D eigenvalue weighted by atomic mass is 10.0. The van der Waals surface area contributed by atoms with Crippen molar-refractivity contribution in [3.63, 3.8) is 0 Å². The number of H-pyrrole nitrogens is 1. The Morgan fingerprint density at radius 2 is 1.75 bits per heavy atom. The normalized spacial score (nSPS) is 13.0. The number of nitrogens with two attached hydrogens (primary N) is 1. The molecule has 0 aliphatic carbocycles. The summed E-state index contributed by atoms with van der Waals surface area (Å²) in [5, 5.41) is 15.3. The fraction of sp³-hybridized carbons (Fsp3) is 0.364. The molecule has 4 rings (SSSR count). The second kappa shape index (κ2) is 14.6. The van der Waals surface area contributed by atoms with Crippen LogP contribution in [0.4, 0.5) is 5.69 Å².